The van der Waals surface area contributed by atoms with Crippen LogP contribution in [0.3, 0.4) is 0 Å². The molecule has 1 aliphatic rings. The molecule has 0 spiro atoms. The second-order valence-corrected chi connectivity index (χ2v) is 6.67. The van der Waals surface area contributed by atoms with Crippen LogP contribution in [0, 0.1) is 0 Å². The summed E-state index contributed by atoms with van der Waals surface area (Å²) in [7, 11) is -5.63. The molecule has 0 aromatic heterocycles. The van der Waals surface area contributed by atoms with Crippen LogP contribution in [0.2, 0.25) is 0 Å². The Kier molecular flexibility index (Phi) is 3.54. The first-order valence-electron chi connectivity index (χ1n) is 12.0. The topological polar surface area (TPSA) is 122 Å². The van der Waals surface area contributed by atoms with E-state index in [1.807, 2.05) is 0 Å². The Morgan fingerprint density at radius 2 is 1.93 bits per heavy atom. The van der Waals surface area contributed by atoms with Gasteiger partial charge in [-0.2, -0.15) is 8.42 Å². The van der Waals surface area contributed by atoms with Gasteiger partial charge in [-0.25, -0.2) is 4.79 Å². The molecule has 2 aromatic rings. The summed E-state index contributed by atoms with van der Waals surface area (Å²) in [6.45, 7) is 1.71. The predicted octanol–water partition coefficient (Wildman–Crippen LogP) is 2.18. The third kappa shape index (κ3) is 4.75. The fourth-order valence-electron chi connectivity index (χ4n) is 2.22. The average Bonchev–Trinajstić information content (AvgIpc) is 3.05. The Bertz CT molecular complexity index is 1410. The van der Waals surface area contributed by atoms with Gasteiger partial charge in [0.15, 0.2) is 6.08 Å². The van der Waals surface area contributed by atoms with E-state index in [2.05, 4.69) is 4.18 Å². The van der Waals surface area contributed by atoms with E-state index < -0.39 is 81.1 Å². The molecule has 2 aromatic carbocycles. The summed E-state index contributed by atoms with van der Waals surface area (Å²) >= 11 is 0. The molecule has 0 saturated carbocycles. The molecule has 0 radical (unpaired) electrons. The maximum atomic E-state index is 13.0. The van der Waals surface area contributed by atoms with Crippen LogP contribution in [0.25, 0.3) is 0 Å². The van der Waals surface area contributed by atoms with Crippen molar-refractivity contribution in [3.05, 3.63) is 82.8 Å². The van der Waals surface area contributed by atoms with Gasteiger partial charge in [0.05, 0.1) is 23.1 Å². The number of esters is 1. The molecule has 8 nitrogen and oxygen atoms in total. The number of benzene rings is 2. The molecule has 3 rings (SSSR count). The number of ether oxygens (including phenoxy) is 2. The molecule has 0 saturated heterocycles. The highest BCUT2D eigenvalue weighted by Gasteiger charge is 2.39. The number of nitrogens with two attached hydrogens (primary N) is 1. The average molecular weight is 425 g/mol. The van der Waals surface area contributed by atoms with E-state index in [4.69, 9.17) is 26.2 Å². The largest absolute Gasteiger partial charge is 0.462 e. The Morgan fingerprint density at radius 3 is 2.55 bits per heavy atom. The zero-order valence-corrected chi connectivity index (χ0v) is 15.7. The molecule has 152 valence electrons. The molecule has 1 heterocycles. The van der Waals surface area contributed by atoms with Gasteiger partial charge in [0.25, 0.3) is 0 Å². The van der Waals surface area contributed by atoms with Crippen LogP contribution in [0.1, 0.15) is 45.5 Å². The van der Waals surface area contributed by atoms with Crippen LogP contribution in [0.15, 0.2) is 66.1 Å². The normalized spacial score (nSPS) is 23.4. The van der Waals surface area contributed by atoms with E-state index >= 15 is 0 Å². The standard InChI is InChI=1S/C20H19NO7S/c1-2-26-20(23)15-10-8-14(9-11-15)17-16(22)18(19(21)27-17)28-29(24,25)12-13-6-4-3-5-7-13/h3-11,17H,2,12,21H2,1H3/t17-/m0/s1/i3D,4D,5D,6D,7D,12D2,17D. The number of hydrogen-bond donors (Lipinski definition) is 1. The van der Waals surface area contributed by atoms with Crippen LogP contribution in [0.5, 0.6) is 0 Å². The van der Waals surface area contributed by atoms with Gasteiger partial charge in [-0.3, -0.25) is 4.79 Å². The van der Waals surface area contributed by atoms with Crippen LogP contribution in [-0.2, 0) is 34.3 Å². The molecule has 0 aliphatic carbocycles. The summed E-state index contributed by atoms with van der Waals surface area (Å²) in [5.74, 6) is -4.33. The second kappa shape index (κ2) is 8.36. The summed E-state index contributed by atoms with van der Waals surface area (Å²) in [4.78, 5) is 24.8. The van der Waals surface area contributed by atoms with E-state index in [0.717, 1.165) is 12.1 Å². The number of rotatable bonds is 7. The molecule has 1 atom stereocenters. The van der Waals surface area contributed by atoms with Gasteiger partial charge in [-0.1, -0.05) is 42.3 Å². The minimum absolute atomic E-state index is 0.0893. The minimum Gasteiger partial charge on any atom is -0.462 e. The lowest BCUT2D eigenvalue weighted by Gasteiger charge is -2.10. The summed E-state index contributed by atoms with van der Waals surface area (Å²) in [5.41, 5.74) is 0.480. The van der Waals surface area contributed by atoms with Gasteiger partial charge in [0.2, 0.25) is 17.4 Å². The summed E-state index contributed by atoms with van der Waals surface area (Å²) in [6, 6.07) is -0.386. The maximum absolute atomic E-state index is 13.0. The monoisotopic (exact) mass is 425 g/mol. The lowest BCUT2D eigenvalue weighted by molar-refractivity contribution is -0.123. The number of Topliss-reactive ketones (excluding diaryl/α,β-unsaturated/α-hetero) is 1. The van der Waals surface area contributed by atoms with Crippen LogP contribution >= 0.6 is 0 Å². The van der Waals surface area contributed by atoms with Crippen molar-refractivity contribution in [1.82, 2.24) is 0 Å². The SMILES string of the molecule is [2H]c1c([2H])c([2H])c(C([2H])([2H])S(=O)(=O)OC2=C(N)O[C@@]([2H])(c3ccc(C(=O)OCC)cc3)C2=O)c([2H])c1[2H]. The number of hydrogen-bond acceptors (Lipinski definition) is 8. The van der Waals surface area contributed by atoms with Crippen molar-refractivity contribution >= 4 is 21.9 Å². The second-order valence-electron chi connectivity index (χ2n) is 5.39. The zero-order valence-electron chi connectivity index (χ0n) is 22.9. The first-order chi connectivity index (χ1) is 17.0. The Hall–Kier alpha value is -3.33. The van der Waals surface area contributed by atoms with E-state index in [1.54, 1.807) is 6.92 Å². The van der Waals surface area contributed by atoms with Crippen molar-refractivity contribution in [1.29, 1.82) is 0 Å². The van der Waals surface area contributed by atoms with Gasteiger partial charge >= 0.3 is 16.1 Å². The summed E-state index contributed by atoms with van der Waals surface area (Å²) in [6.07, 6.45) is -2.66. The highest BCUT2D eigenvalue weighted by molar-refractivity contribution is 7.86. The molecule has 29 heavy (non-hydrogen) atoms. The van der Waals surface area contributed by atoms with Gasteiger partial charge < -0.3 is 19.4 Å². The fourth-order valence-corrected chi connectivity index (χ4v) is 2.99. The van der Waals surface area contributed by atoms with Crippen LogP contribution in [0.4, 0.5) is 0 Å². The molecule has 0 bridgehead atoms. The molecule has 2 N–H and O–H groups in total. The van der Waals surface area contributed by atoms with E-state index in [0.29, 0.717) is 0 Å². The van der Waals surface area contributed by atoms with Crippen molar-refractivity contribution in [2.75, 3.05) is 6.61 Å². The van der Waals surface area contributed by atoms with Gasteiger partial charge in [0, 0.05) is 5.56 Å². The zero-order chi connectivity index (χ0) is 28.1. The van der Waals surface area contributed by atoms with Crippen molar-refractivity contribution in [3.8, 4) is 0 Å². The smallest absolute Gasteiger partial charge is 0.338 e. The molecule has 1 aliphatic heterocycles. The van der Waals surface area contributed by atoms with Crippen LogP contribution in [-0.4, -0.2) is 26.8 Å². The first kappa shape index (κ1) is 12.3. The summed E-state index contributed by atoms with van der Waals surface area (Å²) in [5, 5.41) is 0. The predicted molar refractivity (Wildman–Crippen MR) is 103 cm³/mol. The third-order valence-corrected chi connectivity index (χ3v) is 4.27. The Morgan fingerprint density at radius 1 is 1.28 bits per heavy atom. The van der Waals surface area contributed by atoms with Crippen molar-refractivity contribution in [2.24, 2.45) is 5.73 Å². The number of carbonyl (C=O) groups is 2. The summed E-state index contributed by atoms with van der Waals surface area (Å²) < 4.78 is 103. The lowest BCUT2D eigenvalue weighted by Crippen LogP contribution is -2.16. The fraction of sp³-hybridized carbons (Fsp3) is 0.200. The third-order valence-electron chi connectivity index (χ3n) is 3.43. The quantitative estimate of drug-likeness (QED) is 0.529. The molecule has 9 heteroatoms. The molecule has 0 unspecified atom stereocenters. The lowest BCUT2D eigenvalue weighted by atomic mass is 10.0. The molecular formula is C20H19NO7S. The number of carbonyl (C=O) groups excluding carboxylic acids is 2. The maximum Gasteiger partial charge on any atom is 0.338 e. The van der Waals surface area contributed by atoms with Crippen LogP contribution < -0.4 is 5.73 Å². The van der Waals surface area contributed by atoms with Crippen molar-refractivity contribution in [2.45, 2.75) is 18.7 Å². The first-order valence-corrected chi connectivity index (χ1v) is 9.44. The van der Waals surface area contributed by atoms with Crippen molar-refractivity contribution < 1.29 is 42.6 Å². The molecule has 0 amide bonds. The Labute approximate surface area is 179 Å². The molecular weight excluding hydrogens is 398 g/mol. The highest BCUT2D eigenvalue weighted by Crippen LogP contribution is 2.32. The van der Waals surface area contributed by atoms with Gasteiger partial charge in [-0.15, -0.1) is 0 Å². The van der Waals surface area contributed by atoms with E-state index in [1.165, 1.54) is 12.1 Å². The van der Waals surface area contributed by atoms with Gasteiger partial charge in [0.1, 0.15) is 5.70 Å². The van der Waals surface area contributed by atoms with E-state index in [-0.39, 0.29) is 17.7 Å². The van der Waals surface area contributed by atoms with Gasteiger partial charge in [-0.05, 0) is 24.6 Å². The highest BCUT2D eigenvalue weighted by atomic mass is 32.2. The number of ketones is 1. The van der Waals surface area contributed by atoms with E-state index in [9.17, 15) is 18.0 Å². The molecule has 0 fully saturated rings. The minimum atomic E-state index is -5.63. The van der Waals surface area contributed by atoms with Crippen molar-refractivity contribution in [3.63, 3.8) is 0 Å². The Balaban J connectivity index is 1.97.